The Hall–Kier alpha value is -1.62. The van der Waals surface area contributed by atoms with Gasteiger partial charge in [-0.3, -0.25) is 4.79 Å². The number of aromatic nitrogens is 1. The number of carbonyl (C=O) groups is 1. The molecular formula is C14H22N4O. The van der Waals surface area contributed by atoms with E-state index in [2.05, 4.69) is 27.0 Å². The molecule has 5 nitrogen and oxygen atoms in total. The van der Waals surface area contributed by atoms with Gasteiger partial charge in [-0.25, -0.2) is 4.98 Å². The Morgan fingerprint density at radius 1 is 1.26 bits per heavy atom. The lowest BCUT2D eigenvalue weighted by Gasteiger charge is -2.34. The molecule has 0 saturated carbocycles. The Balaban J connectivity index is 1.93. The molecule has 1 N–H and O–H groups in total. The van der Waals surface area contributed by atoms with Gasteiger partial charge in [-0.15, -0.1) is 0 Å². The van der Waals surface area contributed by atoms with Crippen molar-refractivity contribution in [3.8, 4) is 0 Å². The maximum atomic E-state index is 11.3. The Morgan fingerprint density at radius 3 is 2.53 bits per heavy atom. The van der Waals surface area contributed by atoms with Crippen molar-refractivity contribution in [2.75, 3.05) is 42.9 Å². The highest BCUT2D eigenvalue weighted by Crippen LogP contribution is 2.16. The zero-order chi connectivity index (χ0) is 13.7. The second-order valence-electron chi connectivity index (χ2n) is 4.73. The Morgan fingerprint density at radius 2 is 2.00 bits per heavy atom. The van der Waals surface area contributed by atoms with Gasteiger partial charge in [0.1, 0.15) is 5.82 Å². The number of hydrogen-bond acceptors (Lipinski definition) is 4. The molecule has 0 aromatic carbocycles. The highest BCUT2D eigenvalue weighted by Gasteiger charge is 2.16. The molecule has 1 aromatic rings. The number of rotatable bonds is 4. The van der Waals surface area contributed by atoms with Crippen molar-refractivity contribution in [3.05, 3.63) is 18.3 Å². The summed E-state index contributed by atoms with van der Waals surface area (Å²) < 4.78 is 0. The van der Waals surface area contributed by atoms with E-state index in [1.54, 1.807) is 6.20 Å². The van der Waals surface area contributed by atoms with E-state index in [9.17, 15) is 4.79 Å². The van der Waals surface area contributed by atoms with E-state index in [0.717, 1.165) is 44.2 Å². The number of amides is 1. The van der Waals surface area contributed by atoms with Gasteiger partial charge in [0.25, 0.3) is 0 Å². The van der Waals surface area contributed by atoms with Crippen molar-refractivity contribution in [2.24, 2.45) is 0 Å². The fourth-order valence-electron chi connectivity index (χ4n) is 2.19. The van der Waals surface area contributed by atoms with Crippen molar-refractivity contribution in [3.63, 3.8) is 0 Å². The predicted molar refractivity (Wildman–Crippen MR) is 77.5 cm³/mol. The van der Waals surface area contributed by atoms with Crippen LogP contribution < -0.4 is 10.2 Å². The number of hydrogen-bond donors (Lipinski definition) is 1. The Labute approximate surface area is 114 Å². The van der Waals surface area contributed by atoms with Gasteiger partial charge in [0.15, 0.2) is 0 Å². The van der Waals surface area contributed by atoms with Crippen molar-refractivity contribution in [1.82, 2.24) is 9.88 Å². The maximum Gasteiger partial charge on any atom is 0.224 e. The quantitative estimate of drug-likeness (QED) is 0.895. The van der Waals surface area contributed by atoms with Crippen LogP contribution in [-0.4, -0.2) is 48.5 Å². The second kappa shape index (κ2) is 6.52. The SMILES string of the molecule is CCC(=O)Nc1ccc(N2CCN(CC)CC2)nc1. The third kappa shape index (κ3) is 3.67. The monoisotopic (exact) mass is 262 g/mol. The summed E-state index contributed by atoms with van der Waals surface area (Å²) in [5, 5.41) is 2.81. The summed E-state index contributed by atoms with van der Waals surface area (Å²) in [4.78, 5) is 20.4. The molecule has 0 aliphatic carbocycles. The standard InChI is InChI=1S/C14H22N4O/c1-3-14(19)16-12-5-6-13(15-11-12)18-9-7-17(4-2)8-10-18/h5-6,11H,3-4,7-10H2,1-2H3,(H,16,19). The Kier molecular flexibility index (Phi) is 4.74. The zero-order valence-corrected chi connectivity index (χ0v) is 11.7. The number of anilines is 2. The van der Waals surface area contributed by atoms with Crippen molar-refractivity contribution in [2.45, 2.75) is 20.3 Å². The van der Waals surface area contributed by atoms with Gasteiger partial charge in [-0.1, -0.05) is 13.8 Å². The lowest BCUT2D eigenvalue weighted by Crippen LogP contribution is -2.46. The zero-order valence-electron chi connectivity index (χ0n) is 11.7. The van der Waals surface area contributed by atoms with Crippen LogP contribution in [0, 0.1) is 0 Å². The first kappa shape index (κ1) is 13.8. The molecule has 104 valence electrons. The minimum Gasteiger partial charge on any atom is -0.354 e. The lowest BCUT2D eigenvalue weighted by molar-refractivity contribution is -0.115. The van der Waals surface area contributed by atoms with Gasteiger partial charge < -0.3 is 15.1 Å². The molecule has 2 heterocycles. The minimum atomic E-state index is 0.0195. The van der Waals surface area contributed by atoms with E-state index in [1.807, 2.05) is 19.1 Å². The number of nitrogens with zero attached hydrogens (tertiary/aromatic N) is 3. The number of nitrogens with one attached hydrogen (secondary N) is 1. The average Bonchev–Trinajstić information content (AvgIpc) is 2.48. The third-order valence-corrected chi connectivity index (χ3v) is 3.50. The molecule has 2 rings (SSSR count). The summed E-state index contributed by atoms with van der Waals surface area (Å²) in [6.07, 6.45) is 2.22. The summed E-state index contributed by atoms with van der Waals surface area (Å²) in [6.45, 7) is 9.36. The van der Waals surface area contributed by atoms with Gasteiger partial charge in [-0.2, -0.15) is 0 Å². The van der Waals surface area contributed by atoms with Crippen molar-refractivity contribution >= 4 is 17.4 Å². The molecule has 0 atom stereocenters. The van der Waals surface area contributed by atoms with Crippen LogP contribution in [0.15, 0.2) is 18.3 Å². The molecule has 0 radical (unpaired) electrons. The third-order valence-electron chi connectivity index (χ3n) is 3.50. The molecule has 1 saturated heterocycles. The molecule has 0 spiro atoms. The fraction of sp³-hybridized carbons (Fsp3) is 0.571. The summed E-state index contributed by atoms with van der Waals surface area (Å²) in [7, 11) is 0. The van der Waals surface area contributed by atoms with Gasteiger partial charge >= 0.3 is 0 Å². The van der Waals surface area contributed by atoms with E-state index in [0.29, 0.717) is 6.42 Å². The Bertz CT molecular complexity index is 410. The minimum absolute atomic E-state index is 0.0195. The fourth-order valence-corrected chi connectivity index (χ4v) is 2.19. The van der Waals surface area contributed by atoms with Crippen LogP contribution >= 0.6 is 0 Å². The van der Waals surface area contributed by atoms with Crippen LogP contribution in [0.25, 0.3) is 0 Å². The number of pyridine rings is 1. The molecular weight excluding hydrogens is 240 g/mol. The maximum absolute atomic E-state index is 11.3. The first-order valence-corrected chi connectivity index (χ1v) is 6.96. The summed E-state index contributed by atoms with van der Waals surface area (Å²) in [5.74, 6) is 1.01. The summed E-state index contributed by atoms with van der Waals surface area (Å²) in [5.41, 5.74) is 0.766. The predicted octanol–water partition coefficient (Wildman–Crippen LogP) is 1.57. The highest BCUT2D eigenvalue weighted by molar-refractivity contribution is 5.90. The van der Waals surface area contributed by atoms with E-state index in [4.69, 9.17) is 0 Å². The molecule has 5 heteroatoms. The second-order valence-corrected chi connectivity index (χ2v) is 4.73. The van der Waals surface area contributed by atoms with Crippen LogP contribution in [0.3, 0.4) is 0 Å². The molecule has 1 aromatic heterocycles. The molecule has 1 fully saturated rings. The van der Waals surface area contributed by atoms with Crippen molar-refractivity contribution in [1.29, 1.82) is 0 Å². The number of carbonyl (C=O) groups excluding carboxylic acids is 1. The molecule has 0 bridgehead atoms. The van der Waals surface area contributed by atoms with Crippen LogP contribution in [-0.2, 0) is 4.79 Å². The largest absolute Gasteiger partial charge is 0.354 e. The van der Waals surface area contributed by atoms with Crippen LogP contribution in [0.1, 0.15) is 20.3 Å². The van der Waals surface area contributed by atoms with Gasteiger partial charge in [0, 0.05) is 32.6 Å². The van der Waals surface area contributed by atoms with Crippen molar-refractivity contribution < 1.29 is 4.79 Å². The molecule has 19 heavy (non-hydrogen) atoms. The highest BCUT2D eigenvalue weighted by atomic mass is 16.1. The van der Waals surface area contributed by atoms with E-state index < -0.39 is 0 Å². The smallest absolute Gasteiger partial charge is 0.224 e. The summed E-state index contributed by atoms with van der Waals surface area (Å²) in [6, 6.07) is 3.90. The summed E-state index contributed by atoms with van der Waals surface area (Å²) >= 11 is 0. The topological polar surface area (TPSA) is 48.5 Å². The van der Waals surface area contributed by atoms with Gasteiger partial charge in [0.05, 0.1) is 11.9 Å². The van der Waals surface area contributed by atoms with Crippen LogP contribution in [0.5, 0.6) is 0 Å². The van der Waals surface area contributed by atoms with E-state index >= 15 is 0 Å². The molecule has 0 unspecified atom stereocenters. The normalized spacial score (nSPS) is 16.4. The van der Waals surface area contributed by atoms with E-state index in [1.165, 1.54) is 0 Å². The van der Waals surface area contributed by atoms with Gasteiger partial charge in [-0.05, 0) is 18.7 Å². The molecule has 1 amide bonds. The first-order chi connectivity index (χ1) is 9.22. The van der Waals surface area contributed by atoms with Gasteiger partial charge in [0.2, 0.25) is 5.91 Å². The van der Waals surface area contributed by atoms with E-state index in [-0.39, 0.29) is 5.91 Å². The molecule has 1 aliphatic heterocycles. The average molecular weight is 262 g/mol. The van der Waals surface area contributed by atoms with Crippen LogP contribution in [0.2, 0.25) is 0 Å². The number of piperazine rings is 1. The number of likely N-dealkylation sites (N-methyl/N-ethyl adjacent to an activating group) is 1. The van der Waals surface area contributed by atoms with Crippen LogP contribution in [0.4, 0.5) is 11.5 Å². The lowest BCUT2D eigenvalue weighted by atomic mass is 10.3. The first-order valence-electron chi connectivity index (χ1n) is 6.96. The molecule has 1 aliphatic rings.